The first-order valence-corrected chi connectivity index (χ1v) is 6.58. The minimum Gasteiger partial charge on any atom is -0.398 e. The van der Waals surface area contributed by atoms with Crippen molar-refractivity contribution in [3.63, 3.8) is 0 Å². The highest BCUT2D eigenvalue weighted by Gasteiger charge is 2.15. The third kappa shape index (κ3) is 2.91. The van der Waals surface area contributed by atoms with E-state index in [1.165, 1.54) is 29.5 Å². The summed E-state index contributed by atoms with van der Waals surface area (Å²) in [6, 6.07) is 3.79. The zero-order valence-electron chi connectivity index (χ0n) is 10.6. The number of amides is 1. The SMILES string of the molecule is Cc1ncsc1CNC(=O)c1cc([N+](=O)[O-])ccc1N. The van der Waals surface area contributed by atoms with E-state index in [4.69, 9.17) is 5.73 Å². The Morgan fingerprint density at radius 2 is 2.30 bits per heavy atom. The summed E-state index contributed by atoms with van der Waals surface area (Å²) in [6.45, 7) is 2.16. The van der Waals surface area contributed by atoms with E-state index in [1.807, 2.05) is 6.92 Å². The number of carbonyl (C=O) groups is 1. The molecule has 0 atom stereocenters. The van der Waals surface area contributed by atoms with Crippen molar-refractivity contribution in [1.82, 2.24) is 10.3 Å². The van der Waals surface area contributed by atoms with E-state index in [2.05, 4.69) is 10.3 Å². The molecule has 104 valence electrons. The van der Waals surface area contributed by atoms with Crippen molar-refractivity contribution < 1.29 is 9.72 Å². The van der Waals surface area contributed by atoms with E-state index in [1.54, 1.807) is 5.51 Å². The highest BCUT2D eigenvalue weighted by molar-refractivity contribution is 7.09. The molecule has 0 aliphatic heterocycles. The van der Waals surface area contributed by atoms with Crippen LogP contribution < -0.4 is 11.1 Å². The minimum absolute atomic E-state index is 0.0985. The molecule has 0 unspecified atom stereocenters. The van der Waals surface area contributed by atoms with Gasteiger partial charge in [0.05, 0.1) is 28.2 Å². The van der Waals surface area contributed by atoms with Gasteiger partial charge in [0.1, 0.15) is 0 Å². The van der Waals surface area contributed by atoms with Crippen molar-refractivity contribution in [2.75, 3.05) is 5.73 Å². The number of thiazole rings is 1. The van der Waals surface area contributed by atoms with Gasteiger partial charge in [-0.1, -0.05) is 0 Å². The van der Waals surface area contributed by atoms with Gasteiger partial charge < -0.3 is 11.1 Å². The van der Waals surface area contributed by atoms with Crippen LogP contribution >= 0.6 is 11.3 Å². The van der Waals surface area contributed by atoms with Crippen LogP contribution in [0.4, 0.5) is 11.4 Å². The van der Waals surface area contributed by atoms with Crippen LogP contribution in [0.2, 0.25) is 0 Å². The molecule has 0 aliphatic rings. The number of nitro groups is 1. The standard InChI is InChI=1S/C12H12N4O3S/c1-7-11(20-6-15-7)5-14-12(17)9-4-8(16(18)19)2-3-10(9)13/h2-4,6H,5,13H2,1H3,(H,14,17). The van der Waals surface area contributed by atoms with Gasteiger partial charge in [-0.3, -0.25) is 14.9 Å². The fourth-order valence-corrected chi connectivity index (χ4v) is 2.32. The number of anilines is 1. The number of nitro benzene ring substituents is 1. The normalized spacial score (nSPS) is 10.2. The van der Waals surface area contributed by atoms with E-state index in [0.717, 1.165) is 10.6 Å². The van der Waals surface area contributed by atoms with E-state index in [9.17, 15) is 14.9 Å². The Bertz CT molecular complexity index is 668. The van der Waals surface area contributed by atoms with Gasteiger partial charge in [0.15, 0.2) is 0 Å². The van der Waals surface area contributed by atoms with Gasteiger partial charge in [0.2, 0.25) is 0 Å². The summed E-state index contributed by atoms with van der Waals surface area (Å²) >= 11 is 1.43. The van der Waals surface area contributed by atoms with Crippen LogP contribution in [-0.4, -0.2) is 15.8 Å². The lowest BCUT2D eigenvalue weighted by atomic mass is 10.1. The largest absolute Gasteiger partial charge is 0.398 e. The predicted octanol–water partition coefficient (Wildman–Crippen LogP) is 1.87. The van der Waals surface area contributed by atoms with E-state index in [0.29, 0.717) is 6.54 Å². The van der Waals surface area contributed by atoms with Crippen molar-refractivity contribution in [1.29, 1.82) is 0 Å². The van der Waals surface area contributed by atoms with Crippen LogP contribution in [0.25, 0.3) is 0 Å². The summed E-state index contributed by atoms with van der Waals surface area (Å²) in [4.78, 5) is 27.2. The van der Waals surface area contributed by atoms with Crippen LogP contribution in [0, 0.1) is 17.0 Å². The molecule has 0 saturated heterocycles. The number of hydrogen-bond donors (Lipinski definition) is 2. The Morgan fingerprint density at radius 1 is 1.55 bits per heavy atom. The molecule has 0 saturated carbocycles. The molecule has 1 aromatic carbocycles. The Morgan fingerprint density at radius 3 is 2.90 bits per heavy atom. The van der Waals surface area contributed by atoms with Crippen molar-refractivity contribution >= 4 is 28.6 Å². The number of nitrogens with two attached hydrogens (primary N) is 1. The molecule has 1 amide bonds. The summed E-state index contributed by atoms with van der Waals surface area (Å²) in [7, 11) is 0. The van der Waals surface area contributed by atoms with Crippen LogP contribution in [0.3, 0.4) is 0 Å². The second kappa shape index (κ2) is 5.66. The Balaban J connectivity index is 2.15. The van der Waals surface area contributed by atoms with Crippen molar-refractivity contribution in [2.24, 2.45) is 0 Å². The van der Waals surface area contributed by atoms with Crippen LogP contribution in [0.5, 0.6) is 0 Å². The Kier molecular flexibility index (Phi) is 3.94. The number of rotatable bonds is 4. The molecule has 3 N–H and O–H groups in total. The van der Waals surface area contributed by atoms with Gasteiger partial charge in [-0.25, -0.2) is 4.98 Å². The Hall–Kier alpha value is -2.48. The summed E-state index contributed by atoms with van der Waals surface area (Å²) < 4.78 is 0. The second-order valence-corrected chi connectivity index (χ2v) is 5.01. The van der Waals surface area contributed by atoms with Gasteiger partial charge in [-0.15, -0.1) is 11.3 Å². The molecule has 0 aliphatic carbocycles. The average Bonchev–Trinajstić information content (AvgIpc) is 2.81. The van der Waals surface area contributed by atoms with E-state index < -0.39 is 10.8 Å². The molecule has 1 aromatic heterocycles. The molecule has 0 fully saturated rings. The number of carbonyl (C=O) groups excluding carboxylic acids is 1. The van der Waals surface area contributed by atoms with Crippen LogP contribution in [-0.2, 0) is 6.54 Å². The zero-order valence-corrected chi connectivity index (χ0v) is 11.4. The fourth-order valence-electron chi connectivity index (χ4n) is 1.61. The van der Waals surface area contributed by atoms with Crippen molar-refractivity contribution in [2.45, 2.75) is 13.5 Å². The molecule has 0 spiro atoms. The topological polar surface area (TPSA) is 111 Å². The van der Waals surface area contributed by atoms with Crippen LogP contribution in [0.15, 0.2) is 23.7 Å². The molecular formula is C12H12N4O3S. The molecule has 7 nitrogen and oxygen atoms in total. The number of nitrogens with one attached hydrogen (secondary N) is 1. The van der Waals surface area contributed by atoms with Gasteiger partial charge in [0.25, 0.3) is 11.6 Å². The van der Waals surface area contributed by atoms with E-state index in [-0.39, 0.29) is 16.9 Å². The number of hydrogen-bond acceptors (Lipinski definition) is 6. The zero-order chi connectivity index (χ0) is 14.7. The molecular weight excluding hydrogens is 280 g/mol. The summed E-state index contributed by atoms with van der Waals surface area (Å²) in [5, 5.41) is 13.4. The first kappa shape index (κ1) is 13.9. The predicted molar refractivity (Wildman–Crippen MR) is 75.5 cm³/mol. The number of nitrogen functional groups attached to an aromatic ring is 1. The Labute approximate surface area is 118 Å². The van der Waals surface area contributed by atoms with Gasteiger partial charge in [-0.05, 0) is 13.0 Å². The molecule has 20 heavy (non-hydrogen) atoms. The van der Waals surface area contributed by atoms with Crippen molar-refractivity contribution in [3.8, 4) is 0 Å². The monoisotopic (exact) mass is 292 g/mol. The maximum atomic E-state index is 12.0. The maximum absolute atomic E-state index is 12.0. The summed E-state index contributed by atoms with van der Waals surface area (Å²) in [5.74, 6) is -0.445. The van der Waals surface area contributed by atoms with Gasteiger partial charge in [-0.2, -0.15) is 0 Å². The first-order chi connectivity index (χ1) is 9.49. The number of nitrogens with zero attached hydrogens (tertiary/aromatic N) is 2. The second-order valence-electron chi connectivity index (χ2n) is 4.07. The molecule has 0 bridgehead atoms. The highest BCUT2D eigenvalue weighted by Crippen LogP contribution is 2.20. The third-order valence-electron chi connectivity index (χ3n) is 2.75. The maximum Gasteiger partial charge on any atom is 0.270 e. The number of aryl methyl sites for hydroxylation is 1. The summed E-state index contributed by atoms with van der Waals surface area (Å²) in [6.07, 6.45) is 0. The van der Waals surface area contributed by atoms with Gasteiger partial charge >= 0.3 is 0 Å². The lowest BCUT2D eigenvalue weighted by Gasteiger charge is -2.06. The minimum atomic E-state index is -0.566. The van der Waals surface area contributed by atoms with E-state index >= 15 is 0 Å². The fraction of sp³-hybridized carbons (Fsp3) is 0.167. The molecule has 2 aromatic rings. The van der Waals surface area contributed by atoms with Gasteiger partial charge in [0, 0.05) is 22.7 Å². The van der Waals surface area contributed by atoms with Crippen molar-refractivity contribution in [3.05, 3.63) is 50.0 Å². The van der Waals surface area contributed by atoms with Crippen LogP contribution in [0.1, 0.15) is 20.9 Å². The number of aromatic nitrogens is 1. The third-order valence-corrected chi connectivity index (χ3v) is 3.68. The number of benzene rings is 1. The first-order valence-electron chi connectivity index (χ1n) is 5.70. The molecule has 8 heteroatoms. The summed E-state index contributed by atoms with van der Waals surface area (Å²) in [5.41, 5.74) is 8.35. The highest BCUT2D eigenvalue weighted by atomic mass is 32.1. The number of non-ortho nitro benzene ring substituents is 1. The average molecular weight is 292 g/mol. The molecule has 1 heterocycles. The lowest BCUT2D eigenvalue weighted by molar-refractivity contribution is -0.384. The smallest absolute Gasteiger partial charge is 0.270 e. The molecule has 2 rings (SSSR count). The lowest BCUT2D eigenvalue weighted by Crippen LogP contribution is -2.23. The molecule has 0 radical (unpaired) electrons. The quantitative estimate of drug-likeness (QED) is 0.507.